The van der Waals surface area contributed by atoms with Crippen LogP contribution in [0.4, 0.5) is 5.69 Å². The maximum Gasteiger partial charge on any atom is 0.328 e. The van der Waals surface area contributed by atoms with Gasteiger partial charge in [-0.3, -0.25) is 9.69 Å². The van der Waals surface area contributed by atoms with Gasteiger partial charge < -0.3 is 9.47 Å². The van der Waals surface area contributed by atoms with Crippen LogP contribution in [-0.4, -0.2) is 30.6 Å². The standard InChI is InChI=1S/C14H16ClNO4/c1-8(12(17)19-4)16-10-7-9(15)5-6-11(10)20-14(2,3)13(16)18/h5-8H,1-4H3. The molecule has 0 aliphatic carbocycles. The number of anilines is 1. The first-order valence-electron chi connectivity index (χ1n) is 6.18. The van der Waals surface area contributed by atoms with Crippen LogP contribution in [0.1, 0.15) is 20.8 Å². The first kappa shape index (κ1) is 14.7. The van der Waals surface area contributed by atoms with Crippen LogP contribution in [0.25, 0.3) is 0 Å². The van der Waals surface area contributed by atoms with E-state index in [1.807, 2.05) is 0 Å². The quantitative estimate of drug-likeness (QED) is 0.787. The zero-order valence-electron chi connectivity index (χ0n) is 11.8. The summed E-state index contributed by atoms with van der Waals surface area (Å²) in [6.45, 7) is 4.92. The van der Waals surface area contributed by atoms with Crippen molar-refractivity contribution in [3.05, 3.63) is 23.2 Å². The summed E-state index contributed by atoms with van der Waals surface area (Å²) in [5.41, 5.74) is -0.581. The van der Waals surface area contributed by atoms with Crippen molar-refractivity contribution in [2.24, 2.45) is 0 Å². The molecule has 1 aromatic carbocycles. The Morgan fingerprint density at radius 3 is 2.70 bits per heavy atom. The van der Waals surface area contributed by atoms with Crippen molar-refractivity contribution in [3.8, 4) is 5.75 Å². The van der Waals surface area contributed by atoms with E-state index in [0.29, 0.717) is 16.5 Å². The summed E-state index contributed by atoms with van der Waals surface area (Å²) in [7, 11) is 1.29. The van der Waals surface area contributed by atoms with E-state index in [-0.39, 0.29) is 5.91 Å². The van der Waals surface area contributed by atoms with Gasteiger partial charge >= 0.3 is 5.97 Å². The second-order valence-corrected chi connectivity index (χ2v) is 5.54. The van der Waals surface area contributed by atoms with Crippen molar-refractivity contribution in [2.75, 3.05) is 12.0 Å². The third kappa shape index (κ3) is 2.33. The Morgan fingerprint density at radius 2 is 2.10 bits per heavy atom. The number of hydrogen-bond acceptors (Lipinski definition) is 4. The van der Waals surface area contributed by atoms with Crippen LogP contribution in [0, 0.1) is 0 Å². The fourth-order valence-electron chi connectivity index (χ4n) is 2.14. The lowest BCUT2D eigenvalue weighted by Crippen LogP contribution is -2.57. The molecule has 6 heteroatoms. The van der Waals surface area contributed by atoms with Gasteiger partial charge in [0.15, 0.2) is 5.60 Å². The van der Waals surface area contributed by atoms with Gasteiger partial charge in [0.05, 0.1) is 12.8 Å². The maximum absolute atomic E-state index is 12.5. The van der Waals surface area contributed by atoms with Gasteiger partial charge in [0, 0.05) is 5.02 Å². The number of fused-ring (bicyclic) bond motifs is 1. The zero-order chi connectivity index (χ0) is 15.1. The summed E-state index contributed by atoms with van der Waals surface area (Å²) in [5, 5.41) is 0.460. The highest BCUT2D eigenvalue weighted by atomic mass is 35.5. The SMILES string of the molecule is COC(=O)C(C)N1C(=O)C(C)(C)Oc2ccc(Cl)cc21. The molecule has 0 fully saturated rings. The number of esters is 1. The molecule has 0 spiro atoms. The van der Waals surface area contributed by atoms with Crippen LogP contribution in [0.3, 0.4) is 0 Å². The molecule has 0 N–H and O–H groups in total. The molecule has 1 amide bonds. The molecule has 1 aromatic rings. The summed E-state index contributed by atoms with van der Waals surface area (Å²) in [6.07, 6.45) is 0. The summed E-state index contributed by atoms with van der Waals surface area (Å²) in [4.78, 5) is 25.7. The van der Waals surface area contributed by atoms with Crippen molar-refractivity contribution in [2.45, 2.75) is 32.4 Å². The van der Waals surface area contributed by atoms with Gasteiger partial charge in [0.25, 0.3) is 5.91 Å². The van der Waals surface area contributed by atoms with Crippen molar-refractivity contribution in [1.29, 1.82) is 0 Å². The van der Waals surface area contributed by atoms with E-state index >= 15 is 0 Å². The number of rotatable bonds is 2. The second-order valence-electron chi connectivity index (χ2n) is 5.10. The molecule has 1 atom stereocenters. The number of nitrogens with zero attached hydrogens (tertiary/aromatic N) is 1. The lowest BCUT2D eigenvalue weighted by atomic mass is 10.0. The molecule has 0 saturated heterocycles. The maximum atomic E-state index is 12.5. The van der Waals surface area contributed by atoms with Crippen LogP contribution >= 0.6 is 11.6 Å². The number of ether oxygens (including phenoxy) is 2. The van der Waals surface area contributed by atoms with Crippen molar-refractivity contribution >= 4 is 29.2 Å². The van der Waals surface area contributed by atoms with E-state index in [1.165, 1.54) is 12.0 Å². The Morgan fingerprint density at radius 1 is 1.45 bits per heavy atom. The Labute approximate surface area is 122 Å². The predicted octanol–water partition coefficient (Wildman–Crippen LogP) is 2.41. The summed E-state index contributed by atoms with van der Waals surface area (Å²) >= 11 is 5.97. The molecule has 108 valence electrons. The number of methoxy groups -OCH3 is 1. The predicted molar refractivity (Wildman–Crippen MR) is 75.1 cm³/mol. The van der Waals surface area contributed by atoms with Crippen LogP contribution in [-0.2, 0) is 14.3 Å². The van der Waals surface area contributed by atoms with Crippen LogP contribution in [0.2, 0.25) is 5.02 Å². The molecule has 0 bridgehead atoms. The average molecular weight is 298 g/mol. The highest BCUT2D eigenvalue weighted by molar-refractivity contribution is 6.31. The molecule has 2 rings (SSSR count). The molecule has 1 aliphatic heterocycles. The van der Waals surface area contributed by atoms with E-state index in [1.54, 1.807) is 39.0 Å². The fraction of sp³-hybridized carbons (Fsp3) is 0.429. The van der Waals surface area contributed by atoms with Gasteiger partial charge in [-0.1, -0.05) is 11.6 Å². The summed E-state index contributed by atoms with van der Waals surface area (Å²) in [6, 6.07) is 4.20. The topological polar surface area (TPSA) is 55.8 Å². The van der Waals surface area contributed by atoms with Crippen LogP contribution in [0.15, 0.2) is 18.2 Å². The molecule has 1 aliphatic rings. The summed E-state index contributed by atoms with van der Waals surface area (Å²) in [5.74, 6) is -0.304. The van der Waals surface area contributed by atoms with Gasteiger partial charge in [-0.15, -0.1) is 0 Å². The number of halogens is 1. The Balaban J connectivity index is 2.56. The molecule has 20 heavy (non-hydrogen) atoms. The van der Waals surface area contributed by atoms with Gasteiger partial charge in [0.2, 0.25) is 0 Å². The monoisotopic (exact) mass is 297 g/mol. The molecular weight excluding hydrogens is 282 g/mol. The van der Waals surface area contributed by atoms with Gasteiger partial charge in [0.1, 0.15) is 11.8 Å². The lowest BCUT2D eigenvalue weighted by Gasteiger charge is -2.40. The van der Waals surface area contributed by atoms with Gasteiger partial charge in [-0.25, -0.2) is 4.79 Å². The smallest absolute Gasteiger partial charge is 0.328 e. The number of amides is 1. The zero-order valence-corrected chi connectivity index (χ0v) is 12.5. The van der Waals surface area contributed by atoms with Crippen LogP contribution < -0.4 is 9.64 Å². The second kappa shape index (κ2) is 4.98. The molecule has 0 aromatic heterocycles. The lowest BCUT2D eigenvalue weighted by molar-refractivity contribution is -0.145. The number of carbonyl (C=O) groups is 2. The minimum absolute atomic E-state index is 0.315. The molecule has 5 nitrogen and oxygen atoms in total. The number of hydrogen-bond donors (Lipinski definition) is 0. The minimum Gasteiger partial charge on any atom is -0.476 e. The van der Waals surface area contributed by atoms with E-state index in [0.717, 1.165) is 0 Å². The molecular formula is C14H16ClNO4. The Hall–Kier alpha value is -1.75. The fourth-order valence-corrected chi connectivity index (χ4v) is 2.31. The first-order chi connectivity index (χ1) is 9.27. The first-order valence-corrected chi connectivity index (χ1v) is 6.56. The van der Waals surface area contributed by atoms with Crippen molar-refractivity contribution in [1.82, 2.24) is 0 Å². The highest BCUT2D eigenvalue weighted by Gasteiger charge is 2.44. The van der Waals surface area contributed by atoms with Crippen molar-refractivity contribution in [3.63, 3.8) is 0 Å². The number of benzene rings is 1. The van der Waals surface area contributed by atoms with Crippen molar-refractivity contribution < 1.29 is 19.1 Å². The minimum atomic E-state index is -1.05. The molecule has 0 radical (unpaired) electrons. The van der Waals surface area contributed by atoms with Gasteiger partial charge in [-0.05, 0) is 39.0 Å². The Bertz CT molecular complexity index is 570. The van der Waals surface area contributed by atoms with Crippen LogP contribution in [0.5, 0.6) is 5.75 Å². The van der Waals surface area contributed by atoms with E-state index < -0.39 is 17.6 Å². The third-order valence-electron chi connectivity index (χ3n) is 3.21. The molecule has 1 heterocycles. The normalized spacial score (nSPS) is 18.1. The largest absolute Gasteiger partial charge is 0.476 e. The highest BCUT2D eigenvalue weighted by Crippen LogP contribution is 2.40. The molecule has 1 unspecified atom stereocenters. The Kier molecular flexibility index (Phi) is 3.65. The average Bonchev–Trinajstić information content (AvgIpc) is 2.39. The van der Waals surface area contributed by atoms with Gasteiger partial charge in [-0.2, -0.15) is 0 Å². The van der Waals surface area contributed by atoms with E-state index in [2.05, 4.69) is 0 Å². The number of carbonyl (C=O) groups excluding carboxylic acids is 2. The summed E-state index contributed by atoms with van der Waals surface area (Å²) < 4.78 is 10.4. The van der Waals surface area contributed by atoms with E-state index in [9.17, 15) is 9.59 Å². The third-order valence-corrected chi connectivity index (χ3v) is 3.44. The molecule has 0 saturated carbocycles. The van der Waals surface area contributed by atoms with E-state index in [4.69, 9.17) is 21.1 Å².